The normalized spacial score (nSPS) is 34.4. The van der Waals surface area contributed by atoms with Gasteiger partial charge in [-0.15, -0.1) is 0 Å². The minimum Gasteiger partial charge on any atom is -0.324 e. The van der Waals surface area contributed by atoms with Gasteiger partial charge in [-0.25, -0.2) is 0 Å². The van der Waals surface area contributed by atoms with E-state index in [9.17, 15) is 0 Å². The zero-order chi connectivity index (χ0) is 8.70. The smallest absolute Gasteiger partial charge is 0.0240 e. The van der Waals surface area contributed by atoms with Gasteiger partial charge in [-0.2, -0.15) is 0 Å². The molecular formula is C10H21N. The van der Waals surface area contributed by atoms with Crippen molar-refractivity contribution in [2.75, 3.05) is 0 Å². The van der Waals surface area contributed by atoms with Gasteiger partial charge in [-0.1, -0.05) is 40.5 Å². The van der Waals surface area contributed by atoms with E-state index >= 15 is 0 Å². The van der Waals surface area contributed by atoms with Gasteiger partial charge in [-0.3, -0.25) is 0 Å². The van der Waals surface area contributed by atoms with Gasteiger partial charge in [0.2, 0.25) is 0 Å². The van der Waals surface area contributed by atoms with Crippen LogP contribution in [0.4, 0.5) is 0 Å². The van der Waals surface area contributed by atoms with Crippen LogP contribution in [0.3, 0.4) is 0 Å². The topological polar surface area (TPSA) is 26.0 Å². The van der Waals surface area contributed by atoms with E-state index in [0.717, 1.165) is 5.92 Å². The first-order chi connectivity index (χ1) is 4.98. The van der Waals surface area contributed by atoms with E-state index in [1.165, 1.54) is 19.3 Å². The van der Waals surface area contributed by atoms with Gasteiger partial charge in [0.25, 0.3) is 0 Å². The summed E-state index contributed by atoms with van der Waals surface area (Å²) in [5.41, 5.74) is 6.86. The average molecular weight is 155 g/mol. The Labute approximate surface area is 70.4 Å². The summed E-state index contributed by atoms with van der Waals surface area (Å²) in [6.07, 6.45) is 3.68. The van der Waals surface area contributed by atoms with E-state index in [2.05, 4.69) is 27.7 Å². The Morgan fingerprint density at radius 1 is 1.27 bits per heavy atom. The third-order valence-corrected chi connectivity index (χ3v) is 3.58. The number of nitrogens with two attached hydrogens (primary N) is 1. The fourth-order valence-electron chi connectivity index (χ4n) is 2.40. The first-order valence-corrected chi connectivity index (χ1v) is 4.77. The predicted molar refractivity (Wildman–Crippen MR) is 49.4 cm³/mol. The molecule has 66 valence electrons. The highest BCUT2D eigenvalue weighted by Crippen LogP contribution is 2.59. The molecule has 0 aliphatic heterocycles. The van der Waals surface area contributed by atoms with Crippen LogP contribution in [-0.2, 0) is 0 Å². The lowest BCUT2D eigenvalue weighted by Gasteiger charge is -2.24. The molecule has 0 bridgehead atoms. The number of hydrogen-bond donors (Lipinski definition) is 1. The van der Waals surface area contributed by atoms with Crippen molar-refractivity contribution in [3.05, 3.63) is 0 Å². The minimum atomic E-state index is 0.163. The summed E-state index contributed by atoms with van der Waals surface area (Å²) < 4.78 is 0. The van der Waals surface area contributed by atoms with E-state index in [-0.39, 0.29) is 5.54 Å². The van der Waals surface area contributed by atoms with Crippen molar-refractivity contribution >= 4 is 0 Å². The van der Waals surface area contributed by atoms with Gasteiger partial charge < -0.3 is 5.73 Å². The summed E-state index contributed by atoms with van der Waals surface area (Å²) in [5.74, 6) is 0.734. The van der Waals surface area contributed by atoms with E-state index < -0.39 is 0 Å². The number of rotatable bonds is 3. The summed E-state index contributed by atoms with van der Waals surface area (Å²) in [7, 11) is 0. The largest absolute Gasteiger partial charge is 0.324 e. The van der Waals surface area contributed by atoms with Crippen molar-refractivity contribution < 1.29 is 0 Å². The van der Waals surface area contributed by atoms with Gasteiger partial charge in [0.15, 0.2) is 0 Å². The Kier molecular flexibility index (Phi) is 2.04. The summed E-state index contributed by atoms with van der Waals surface area (Å²) in [5, 5.41) is 0. The van der Waals surface area contributed by atoms with Crippen LogP contribution in [0, 0.1) is 11.3 Å². The van der Waals surface area contributed by atoms with Crippen molar-refractivity contribution in [1.29, 1.82) is 0 Å². The Morgan fingerprint density at radius 2 is 1.64 bits per heavy atom. The van der Waals surface area contributed by atoms with Crippen molar-refractivity contribution in [3.63, 3.8) is 0 Å². The average Bonchev–Trinajstić information content (AvgIpc) is 2.36. The maximum absolute atomic E-state index is 6.29. The Balaban J connectivity index is 2.61. The zero-order valence-corrected chi connectivity index (χ0v) is 8.28. The molecule has 11 heavy (non-hydrogen) atoms. The molecule has 0 saturated heterocycles. The second-order valence-electron chi connectivity index (χ2n) is 4.61. The SMILES string of the molecule is CCC(CC)C1(N)CC1(C)C. The van der Waals surface area contributed by atoms with E-state index in [1.807, 2.05) is 0 Å². The van der Waals surface area contributed by atoms with E-state index in [1.54, 1.807) is 0 Å². The van der Waals surface area contributed by atoms with Crippen molar-refractivity contribution in [2.45, 2.75) is 52.5 Å². The third kappa shape index (κ3) is 1.20. The zero-order valence-electron chi connectivity index (χ0n) is 8.28. The predicted octanol–water partition coefficient (Wildman–Crippen LogP) is 2.55. The molecule has 0 amide bonds. The molecular weight excluding hydrogens is 134 g/mol. The van der Waals surface area contributed by atoms with Gasteiger partial charge in [0.05, 0.1) is 0 Å². The first kappa shape index (κ1) is 9.05. The fourth-order valence-corrected chi connectivity index (χ4v) is 2.40. The monoisotopic (exact) mass is 155 g/mol. The molecule has 1 fully saturated rings. The van der Waals surface area contributed by atoms with Crippen LogP contribution in [0.1, 0.15) is 47.0 Å². The minimum absolute atomic E-state index is 0.163. The maximum atomic E-state index is 6.29. The highest BCUT2D eigenvalue weighted by molar-refractivity contribution is 5.17. The molecule has 1 aliphatic rings. The lowest BCUT2D eigenvalue weighted by molar-refractivity contribution is 0.319. The molecule has 1 saturated carbocycles. The lowest BCUT2D eigenvalue weighted by atomic mass is 9.87. The summed E-state index contributed by atoms with van der Waals surface area (Å²) in [4.78, 5) is 0. The molecule has 0 heterocycles. The molecule has 1 rings (SSSR count). The summed E-state index contributed by atoms with van der Waals surface area (Å²) >= 11 is 0. The molecule has 1 atom stereocenters. The van der Waals surface area contributed by atoms with Crippen LogP contribution < -0.4 is 5.73 Å². The molecule has 0 radical (unpaired) electrons. The van der Waals surface area contributed by atoms with Gasteiger partial charge in [0, 0.05) is 5.54 Å². The van der Waals surface area contributed by atoms with Crippen LogP contribution in [-0.4, -0.2) is 5.54 Å². The van der Waals surface area contributed by atoms with Crippen LogP contribution in [0.15, 0.2) is 0 Å². The standard InChI is InChI=1S/C10H21N/c1-5-8(6-2)10(11)7-9(10,3)4/h8H,5-7,11H2,1-4H3. The maximum Gasteiger partial charge on any atom is 0.0240 e. The van der Waals surface area contributed by atoms with Crippen molar-refractivity contribution in [1.82, 2.24) is 0 Å². The second-order valence-corrected chi connectivity index (χ2v) is 4.61. The summed E-state index contributed by atoms with van der Waals surface area (Å²) in [6, 6.07) is 0. The molecule has 2 N–H and O–H groups in total. The molecule has 1 nitrogen and oxygen atoms in total. The van der Waals surface area contributed by atoms with Crippen molar-refractivity contribution in [3.8, 4) is 0 Å². The van der Waals surface area contributed by atoms with E-state index in [0.29, 0.717) is 5.41 Å². The van der Waals surface area contributed by atoms with Crippen LogP contribution in [0.25, 0.3) is 0 Å². The second kappa shape index (κ2) is 2.48. The molecule has 1 unspecified atom stereocenters. The molecule has 0 aromatic rings. The Hall–Kier alpha value is -0.0400. The third-order valence-electron chi connectivity index (χ3n) is 3.58. The Morgan fingerprint density at radius 3 is 1.73 bits per heavy atom. The highest BCUT2D eigenvalue weighted by atomic mass is 14.9. The molecule has 1 heteroatoms. The lowest BCUT2D eigenvalue weighted by Crippen LogP contribution is -2.36. The number of hydrogen-bond acceptors (Lipinski definition) is 1. The van der Waals surface area contributed by atoms with Crippen LogP contribution in [0.2, 0.25) is 0 Å². The van der Waals surface area contributed by atoms with Crippen molar-refractivity contribution in [2.24, 2.45) is 17.1 Å². The fraction of sp³-hybridized carbons (Fsp3) is 1.00. The summed E-state index contributed by atoms with van der Waals surface area (Å²) in [6.45, 7) is 9.06. The molecule has 0 spiro atoms. The molecule has 0 aromatic carbocycles. The van der Waals surface area contributed by atoms with Crippen LogP contribution >= 0.6 is 0 Å². The van der Waals surface area contributed by atoms with Crippen LogP contribution in [0.5, 0.6) is 0 Å². The van der Waals surface area contributed by atoms with Gasteiger partial charge >= 0.3 is 0 Å². The Bertz CT molecular complexity index is 147. The molecule has 0 aromatic heterocycles. The van der Waals surface area contributed by atoms with E-state index in [4.69, 9.17) is 5.73 Å². The quantitative estimate of drug-likeness (QED) is 0.666. The molecule has 1 aliphatic carbocycles. The van der Waals surface area contributed by atoms with Gasteiger partial charge in [-0.05, 0) is 17.8 Å². The highest BCUT2D eigenvalue weighted by Gasteiger charge is 2.61. The first-order valence-electron chi connectivity index (χ1n) is 4.77. The van der Waals surface area contributed by atoms with Gasteiger partial charge in [0.1, 0.15) is 0 Å².